The molecule has 0 bridgehead atoms. The number of hydrogen-bond donors (Lipinski definition) is 0. The average molecular weight is 231 g/mol. The standard InChI is InChI=1S/C13H17N3O/c1-3-13(2)10-16(6-7-17-13)12-5-4-11(8-14)9-15-12/h4-5,9H,3,6-7,10H2,1-2H3. The van der Waals surface area contributed by atoms with E-state index in [1.807, 2.05) is 6.07 Å². The first-order valence-corrected chi connectivity index (χ1v) is 5.92. The van der Waals surface area contributed by atoms with Crippen molar-refractivity contribution in [3.8, 4) is 6.07 Å². The predicted octanol–water partition coefficient (Wildman–Crippen LogP) is 1.96. The van der Waals surface area contributed by atoms with Crippen LogP contribution in [0.1, 0.15) is 25.8 Å². The van der Waals surface area contributed by atoms with Crippen LogP contribution in [0.5, 0.6) is 0 Å². The van der Waals surface area contributed by atoms with Crippen molar-refractivity contribution < 1.29 is 4.74 Å². The number of nitriles is 1. The number of pyridine rings is 1. The van der Waals surface area contributed by atoms with Gasteiger partial charge in [-0.1, -0.05) is 6.92 Å². The lowest BCUT2D eigenvalue weighted by molar-refractivity contribution is -0.0443. The summed E-state index contributed by atoms with van der Waals surface area (Å²) in [4.78, 5) is 6.54. The summed E-state index contributed by atoms with van der Waals surface area (Å²) in [6, 6.07) is 5.79. The Hall–Kier alpha value is -1.60. The number of morpholine rings is 1. The third-order valence-corrected chi connectivity index (χ3v) is 3.29. The van der Waals surface area contributed by atoms with Gasteiger partial charge in [-0.2, -0.15) is 5.26 Å². The molecule has 4 nitrogen and oxygen atoms in total. The molecule has 1 unspecified atom stereocenters. The fraction of sp³-hybridized carbons (Fsp3) is 0.538. The van der Waals surface area contributed by atoms with E-state index in [0.717, 1.165) is 31.9 Å². The maximum Gasteiger partial charge on any atom is 0.128 e. The van der Waals surface area contributed by atoms with Crippen molar-refractivity contribution in [2.75, 3.05) is 24.6 Å². The Bertz CT molecular complexity index is 423. The molecule has 1 aromatic rings. The molecule has 17 heavy (non-hydrogen) atoms. The summed E-state index contributed by atoms with van der Waals surface area (Å²) in [5.41, 5.74) is 0.508. The average Bonchev–Trinajstić information content (AvgIpc) is 2.39. The summed E-state index contributed by atoms with van der Waals surface area (Å²) in [5.74, 6) is 0.923. The maximum atomic E-state index is 8.74. The Morgan fingerprint density at radius 3 is 3.00 bits per heavy atom. The largest absolute Gasteiger partial charge is 0.372 e. The van der Waals surface area contributed by atoms with E-state index in [9.17, 15) is 0 Å². The van der Waals surface area contributed by atoms with Crippen molar-refractivity contribution in [3.05, 3.63) is 23.9 Å². The van der Waals surface area contributed by atoms with Gasteiger partial charge in [-0.05, 0) is 25.5 Å². The van der Waals surface area contributed by atoms with E-state index >= 15 is 0 Å². The molecule has 0 aromatic carbocycles. The highest BCUT2D eigenvalue weighted by Crippen LogP contribution is 2.24. The fourth-order valence-corrected chi connectivity index (χ4v) is 1.98. The number of anilines is 1. The van der Waals surface area contributed by atoms with Crippen LogP contribution in [0.25, 0.3) is 0 Å². The van der Waals surface area contributed by atoms with Gasteiger partial charge in [0.2, 0.25) is 0 Å². The number of aromatic nitrogens is 1. The third kappa shape index (κ3) is 2.56. The van der Waals surface area contributed by atoms with E-state index in [1.165, 1.54) is 0 Å². The van der Waals surface area contributed by atoms with Gasteiger partial charge in [0.25, 0.3) is 0 Å². The molecule has 90 valence electrons. The van der Waals surface area contributed by atoms with Crippen molar-refractivity contribution in [1.29, 1.82) is 5.26 Å². The number of ether oxygens (including phenoxy) is 1. The number of rotatable bonds is 2. The molecule has 0 spiro atoms. The molecule has 1 aliphatic rings. The van der Waals surface area contributed by atoms with Crippen LogP contribution in [0.3, 0.4) is 0 Å². The van der Waals surface area contributed by atoms with Crippen LogP contribution < -0.4 is 4.90 Å². The van der Waals surface area contributed by atoms with Crippen LogP contribution in [-0.2, 0) is 4.74 Å². The Morgan fingerprint density at radius 1 is 1.59 bits per heavy atom. The maximum absolute atomic E-state index is 8.74. The monoisotopic (exact) mass is 231 g/mol. The Morgan fingerprint density at radius 2 is 2.41 bits per heavy atom. The zero-order valence-electron chi connectivity index (χ0n) is 10.3. The molecule has 2 rings (SSSR count). The molecule has 1 aliphatic heterocycles. The Balaban J connectivity index is 2.14. The van der Waals surface area contributed by atoms with E-state index in [1.54, 1.807) is 12.3 Å². The minimum atomic E-state index is -0.0895. The van der Waals surface area contributed by atoms with Gasteiger partial charge in [0, 0.05) is 19.3 Å². The number of hydrogen-bond acceptors (Lipinski definition) is 4. The van der Waals surface area contributed by atoms with Gasteiger partial charge >= 0.3 is 0 Å². The van der Waals surface area contributed by atoms with Gasteiger partial charge in [0.15, 0.2) is 0 Å². The Labute approximate surface area is 102 Å². The van der Waals surface area contributed by atoms with Gasteiger partial charge in [-0.15, -0.1) is 0 Å². The first-order valence-electron chi connectivity index (χ1n) is 5.92. The summed E-state index contributed by atoms with van der Waals surface area (Å²) >= 11 is 0. The second kappa shape index (κ2) is 4.72. The van der Waals surface area contributed by atoms with Crippen molar-refractivity contribution >= 4 is 5.82 Å². The zero-order valence-corrected chi connectivity index (χ0v) is 10.3. The van der Waals surface area contributed by atoms with Crippen molar-refractivity contribution in [2.45, 2.75) is 25.9 Å². The molecule has 0 saturated carbocycles. The number of nitrogens with zero attached hydrogens (tertiary/aromatic N) is 3. The molecule has 2 heterocycles. The molecule has 4 heteroatoms. The van der Waals surface area contributed by atoms with E-state index in [-0.39, 0.29) is 5.60 Å². The topological polar surface area (TPSA) is 49.2 Å². The normalized spacial score (nSPS) is 24.4. The molecular formula is C13H17N3O. The van der Waals surface area contributed by atoms with Crippen molar-refractivity contribution in [3.63, 3.8) is 0 Å². The van der Waals surface area contributed by atoms with E-state index < -0.39 is 0 Å². The summed E-state index contributed by atoms with van der Waals surface area (Å²) in [6.45, 7) is 6.70. The van der Waals surface area contributed by atoms with Gasteiger partial charge in [-0.25, -0.2) is 4.98 Å². The highest BCUT2D eigenvalue weighted by Gasteiger charge is 2.30. The van der Waals surface area contributed by atoms with Gasteiger partial charge in [0.05, 0.1) is 17.8 Å². The molecule has 0 amide bonds. The minimum absolute atomic E-state index is 0.0895. The summed E-state index contributed by atoms with van der Waals surface area (Å²) in [6.07, 6.45) is 2.61. The van der Waals surface area contributed by atoms with Gasteiger partial charge < -0.3 is 9.64 Å². The van der Waals surface area contributed by atoms with Crippen molar-refractivity contribution in [2.24, 2.45) is 0 Å². The smallest absolute Gasteiger partial charge is 0.128 e. The van der Waals surface area contributed by atoms with Crippen LogP contribution in [0.4, 0.5) is 5.82 Å². The highest BCUT2D eigenvalue weighted by atomic mass is 16.5. The third-order valence-electron chi connectivity index (χ3n) is 3.29. The summed E-state index contributed by atoms with van der Waals surface area (Å²) in [5, 5.41) is 8.74. The second-order valence-electron chi connectivity index (χ2n) is 4.59. The molecule has 1 atom stereocenters. The van der Waals surface area contributed by atoms with E-state index in [4.69, 9.17) is 10.00 Å². The Kier molecular flexibility index (Phi) is 3.30. The first kappa shape index (κ1) is 11.9. The first-order chi connectivity index (χ1) is 8.17. The highest BCUT2D eigenvalue weighted by molar-refractivity contribution is 5.42. The van der Waals surface area contributed by atoms with E-state index in [2.05, 4.69) is 29.8 Å². The minimum Gasteiger partial charge on any atom is -0.372 e. The molecule has 0 radical (unpaired) electrons. The summed E-state index contributed by atoms with van der Waals surface area (Å²) in [7, 11) is 0. The van der Waals surface area contributed by atoms with Crippen molar-refractivity contribution in [1.82, 2.24) is 4.98 Å². The molecule has 1 aromatic heterocycles. The SMILES string of the molecule is CCC1(C)CN(c2ccc(C#N)cn2)CCO1. The molecule has 1 fully saturated rings. The van der Waals surface area contributed by atoms with Crippen LogP contribution in [0, 0.1) is 11.3 Å². The van der Waals surface area contributed by atoms with Gasteiger partial charge in [-0.3, -0.25) is 0 Å². The van der Waals surface area contributed by atoms with E-state index in [0.29, 0.717) is 5.56 Å². The zero-order chi connectivity index (χ0) is 12.3. The van der Waals surface area contributed by atoms with Crippen LogP contribution in [0.15, 0.2) is 18.3 Å². The molecule has 1 saturated heterocycles. The second-order valence-corrected chi connectivity index (χ2v) is 4.59. The van der Waals surface area contributed by atoms with Gasteiger partial charge in [0.1, 0.15) is 11.9 Å². The van der Waals surface area contributed by atoms with Crippen LogP contribution in [-0.4, -0.2) is 30.3 Å². The predicted molar refractivity (Wildman–Crippen MR) is 65.8 cm³/mol. The van der Waals surface area contributed by atoms with Crippen LogP contribution in [0.2, 0.25) is 0 Å². The molecular weight excluding hydrogens is 214 g/mol. The quantitative estimate of drug-likeness (QED) is 0.780. The molecule has 0 N–H and O–H groups in total. The fourth-order valence-electron chi connectivity index (χ4n) is 1.98. The van der Waals surface area contributed by atoms with Crippen LogP contribution >= 0.6 is 0 Å². The lowest BCUT2D eigenvalue weighted by Crippen LogP contribution is -2.50. The summed E-state index contributed by atoms with van der Waals surface area (Å²) < 4.78 is 5.79. The lowest BCUT2D eigenvalue weighted by atomic mass is 10.0. The molecule has 0 aliphatic carbocycles. The lowest BCUT2D eigenvalue weighted by Gasteiger charge is -2.40.